The van der Waals surface area contributed by atoms with Crippen LogP contribution in [0.15, 0.2) is 36.7 Å². The summed E-state index contributed by atoms with van der Waals surface area (Å²) in [6.07, 6.45) is 4.91. The van der Waals surface area contributed by atoms with Gasteiger partial charge in [0, 0.05) is 12.0 Å². The van der Waals surface area contributed by atoms with E-state index in [0.717, 1.165) is 12.8 Å². The molecule has 1 aliphatic carbocycles. The molecule has 3 rings (SSSR count). The highest BCUT2D eigenvalue weighted by Gasteiger charge is 2.38. The van der Waals surface area contributed by atoms with Gasteiger partial charge >= 0.3 is 0 Å². The van der Waals surface area contributed by atoms with E-state index in [1.807, 2.05) is 6.07 Å². The normalized spacial score (nSPS) is 16.4. The van der Waals surface area contributed by atoms with Crippen molar-refractivity contribution in [3.8, 4) is 0 Å². The topological polar surface area (TPSA) is 72.7 Å². The first-order valence-electron chi connectivity index (χ1n) is 6.82. The first-order valence-corrected chi connectivity index (χ1v) is 6.82. The second kappa shape index (κ2) is 5.40. The Labute approximate surface area is 117 Å². The van der Waals surface area contributed by atoms with Crippen LogP contribution in [0.5, 0.6) is 0 Å². The van der Waals surface area contributed by atoms with Crippen LogP contribution in [0.2, 0.25) is 0 Å². The summed E-state index contributed by atoms with van der Waals surface area (Å²) in [6, 6.07) is 10.4. The number of aromatic nitrogens is 4. The number of benzene rings is 1. The van der Waals surface area contributed by atoms with E-state index in [1.54, 1.807) is 0 Å². The van der Waals surface area contributed by atoms with Crippen LogP contribution in [0.4, 0.5) is 0 Å². The Kier molecular flexibility index (Phi) is 3.45. The summed E-state index contributed by atoms with van der Waals surface area (Å²) in [5.74, 6) is -0.0560. The average molecular weight is 271 g/mol. The van der Waals surface area contributed by atoms with Gasteiger partial charge in [0.05, 0.1) is 0 Å². The number of nitrogens with one attached hydrogen (secondary N) is 1. The van der Waals surface area contributed by atoms with Gasteiger partial charge in [-0.25, -0.2) is 4.68 Å². The van der Waals surface area contributed by atoms with Crippen LogP contribution in [-0.4, -0.2) is 32.7 Å². The molecule has 0 saturated heterocycles. The molecule has 1 N–H and O–H groups in total. The van der Waals surface area contributed by atoms with Gasteiger partial charge in [-0.05, 0) is 28.8 Å². The molecule has 1 fully saturated rings. The molecule has 1 aromatic heterocycles. The van der Waals surface area contributed by atoms with Crippen LogP contribution in [0, 0.1) is 0 Å². The SMILES string of the molecule is O=C(Cn1cnnn1)NCC1(c2ccccc2)CCC1. The second-order valence-electron chi connectivity index (χ2n) is 5.28. The molecule has 2 aromatic rings. The molecule has 0 aliphatic heterocycles. The van der Waals surface area contributed by atoms with Crippen molar-refractivity contribution in [2.24, 2.45) is 0 Å². The van der Waals surface area contributed by atoms with Crippen molar-refractivity contribution in [3.05, 3.63) is 42.2 Å². The molecular weight excluding hydrogens is 254 g/mol. The lowest BCUT2D eigenvalue weighted by Crippen LogP contribution is -2.46. The quantitative estimate of drug-likeness (QED) is 0.877. The highest BCUT2D eigenvalue weighted by atomic mass is 16.2. The number of rotatable bonds is 5. The Morgan fingerprint density at radius 1 is 1.30 bits per heavy atom. The zero-order valence-corrected chi connectivity index (χ0v) is 11.2. The fraction of sp³-hybridized carbons (Fsp3) is 0.429. The molecule has 1 heterocycles. The molecule has 104 valence electrons. The van der Waals surface area contributed by atoms with Crippen molar-refractivity contribution in [1.82, 2.24) is 25.5 Å². The summed E-state index contributed by atoms with van der Waals surface area (Å²) >= 11 is 0. The fourth-order valence-electron chi connectivity index (χ4n) is 2.69. The van der Waals surface area contributed by atoms with Gasteiger partial charge in [0.2, 0.25) is 5.91 Å². The first kappa shape index (κ1) is 12.8. The van der Waals surface area contributed by atoms with Crippen LogP contribution in [0.3, 0.4) is 0 Å². The maximum absolute atomic E-state index is 11.9. The molecule has 0 unspecified atom stereocenters. The van der Waals surface area contributed by atoms with Gasteiger partial charge in [-0.15, -0.1) is 5.10 Å². The summed E-state index contributed by atoms with van der Waals surface area (Å²) in [5.41, 5.74) is 1.42. The van der Waals surface area contributed by atoms with Gasteiger partial charge in [-0.2, -0.15) is 0 Å². The molecule has 0 radical (unpaired) electrons. The summed E-state index contributed by atoms with van der Waals surface area (Å²) in [7, 11) is 0. The number of nitrogens with zero attached hydrogens (tertiary/aromatic N) is 4. The van der Waals surface area contributed by atoms with Crippen molar-refractivity contribution in [2.75, 3.05) is 6.54 Å². The second-order valence-corrected chi connectivity index (χ2v) is 5.28. The third kappa shape index (κ3) is 2.54. The van der Waals surface area contributed by atoms with Crippen molar-refractivity contribution < 1.29 is 4.79 Å². The van der Waals surface area contributed by atoms with Crippen molar-refractivity contribution in [1.29, 1.82) is 0 Å². The number of amides is 1. The lowest BCUT2D eigenvalue weighted by atomic mass is 9.64. The van der Waals surface area contributed by atoms with Gasteiger partial charge in [0.15, 0.2) is 0 Å². The largest absolute Gasteiger partial charge is 0.354 e. The van der Waals surface area contributed by atoms with Gasteiger partial charge in [0.1, 0.15) is 12.9 Å². The van der Waals surface area contributed by atoms with E-state index >= 15 is 0 Å². The minimum atomic E-state index is -0.0560. The molecule has 1 saturated carbocycles. The number of carbonyl (C=O) groups excluding carboxylic acids is 1. The minimum absolute atomic E-state index is 0.0560. The molecule has 1 aromatic carbocycles. The van der Waals surface area contributed by atoms with E-state index < -0.39 is 0 Å². The zero-order chi connectivity index (χ0) is 13.8. The summed E-state index contributed by atoms with van der Waals surface area (Å²) < 4.78 is 1.42. The maximum atomic E-state index is 11.9. The van der Waals surface area contributed by atoms with Gasteiger partial charge < -0.3 is 5.32 Å². The predicted octanol–water partition coefficient (Wildman–Crippen LogP) is 0.911. The van der Waals surface area contributed by atoms with Crippen molar-refractivity contribution >= 4 is 5.91 Å². The van der Waals surface area contributed by atoms with E-state index in [-0.39, 0.29) is 17.9 Å². The summed E-state index contributed by atoms with van der Waals surface area (Å²) in [4.78, 5) is 11.9. The van der Waals surface area contributed by atoms with Gasteiger partial charge in [0.25, 0.3) is 0 Å². The Balaban J connectivity index is 1.60. The minimum Gasteiger partial charge on any atom is -0.354 e. The molecule has 1 amide bonds. The average Bonchev–Trinajstić information content (AvgIpc) is 2.91. The highest BCUT2D eigenvalue weighted by Crippen LogP contribution is 2.43. The fourth-order valence-corrected chi connectivity index (χ4v) is 2.69. The lowest BCUT2D eigenvalue weighted by Gasteiger charge is -2.42. The molecule has 1 aliphatic rings. The van der Waals surface area contributed by atoms with Gasteiger partial charge in [-0.1, -0.05) is 36.8 Å². The molecule has 20 heavy (non-hydrogen) atoms. The Bertz CT molecular complexity index is 563. The smallest absolute Gasteiger partial charge is 0.241 e. The number of hydrogen-bond donors (Lipinski definition) is 1. The maximum Gasteiger partial charge on any atom is 0.241 e. The van der Waals surface area contributed by atoms with E-state index in [0.29, 0.717) is 6.54 Å². The monoisotopic (exact) mass is 271 g/mol. The molecule has 0 spiro atoms. The Morgan fingerprint density at radius 3 is 2.70 bits per heavy atom. The van der Waals surface area contributed by atoms with Crippen molar-refractivity contribution in [2.45, 2.75) is 31.2 Å². The van der Waals surface area contributed by atoms with Crippen LogP contribution in [-0.2, 0) is 16.8 Å². The molecule has 0 atom stereocenters. The number of tetrazole rings is 1. The van der Waals surface area contributed by atoms with Gasteiger partial charge in [-0.3, -0.25) is 4.79 Å². The van der Waals surface area contributed by atoms with E-state index in [1.165, 1.54) is 23.0 Å². The lowest BCUT2D eigenvalue weighted by molar-refractivity contribution is -0.122. The predicted molar refractivity (Wildman–Crippen MR) is 72.8 cm³/mol. The Morgan fingerprint density at radius 2 is 2.10 bits per heavy atom. The summed E-state index contributed by atoms with van der Waals surface area (Å²) in [5, 5.41) is 13.7. The third-order valence-electron chi connectivity index (χ3n) is 4.02. The summed E-state index contributed by atoms with van der Waals surface area (Å²) in [6.45, 7) is 0.843. The van der Waals surface area contributed by atoms with Crippen LogP contribution >= 0.6 is 0 Å². The van der Waals surface area contributed by atoms with E-state index in [9.17, 15) is 4.79 Å². The van der Waals surface area contributed by atoms with E-state index in [4.69, 9.17) is 0 Å². The van der Waals surface area contributed by atoms with Crippen LogP contribution in [0.1, 0.15) is 24.8 Å². The first-order chi connectivity index (χ1) is 9.78. The van der Waals surface area contributed by atoms with Crippen LogP contribution < -0.4 is 5.32 Å². The Hall–Kier alpha value is -2.24. The molecule has 6 nitrogen and oxygen atoms in total. The highest BCUT2D eigenvalue weighted by molar-refractivity contribution is 5.75. The molecular formula is C14H17N5O. The molecule has 0 bridgehead atoms. The third-order valence-corrected chi connectivity index (χ3v) is 4.02. The zero-order valence-electron chi connectivity index (χ0n) is 11.2. The number of hydrogen-bond acceptors (Lipinski definition) is 4. The van der Waals surface area contributed by atoms with E-state index in [2.05, 4.69) is 45.1 Å². The standard InChI is InChI=1S/C14H17N5O/c20-13(9-19-11-16-17-18-19)15-10-14(7-4-8-14)12-5-2-1-3-6-12/h1-3,5-6,11H,4,7-10H2,(H,15,20). The van der Waals surface area contributed by atoms with Crippen molar-refractivity contribution in [3.63, 3.8) is 0 Å². The van der Waals surface area contributed by atoms with Crippen LogP contribution in [0.25, 0.3) is 0 Å². The number of carbonyl (C=O) groups is 1. The molecule has 6 heteroatoms.